The van der Waals surface area contributed by atoms with Crippen molar-refractivity contribution < 1.29 is 0 Å². The van der Waals surface area contributed by atoms with Crippen LogP contribution in [-0.2, 0) is 0 Å². The molecule has 0 N–H and O–H groups in total. The van der Waals surface area contributed by atoms with E-state index in [1.807, 2.05) is 0 Å². The van der Waals surface area contributed by atoms with Crippen molar-refractivity contribution in [3.8, 4) is 0 Å². The monoisotopic (exact) mass is 522 g/mol. The third-order valence-electron chi connectivity index (χ3n) is 7.33. The number of hydrazone groups is 2. The fourth-order valence-corrected chi connectivity index (χ4v) is 12.9. The van der Waals surface area contributed by atoms with Gasteiger partial charge in [-0.3, -0.25) is 0 Å². The second-order valence-electron chi connectivity index (χ2n) is 9.78. The predicted octanol–water partition coefficient (Wildman–Crippen LogP) is 6.05. The molecule has 190 valence electrons. The minimum absolute atomic E-state index is 0.840. The smallest absolute Gasteiger partial charge is 0.246 e. The third kappa shape index (κ3) is 4.18. The highest BCUT2D eigenvalue weighted by Gasteiger charge is 2.53. The molecule has 4 heterocycles. The van der Waals surface area contributed by atoms with E-state index in [4.69, 9.17) is 14.9 Å². The van der Waals surface area contributed by atoms with Gasteiger partial charge in [0, 0.05) is 51.4 Å². The fraction of sp³-hybridized carbons (Fsp3) is 0.462. The quantitative estimate of drug-likeness (QED) is 0.448. The third-order valence-corrected chi connectivity index (χ3v) is 13.8. The molecule has 0 bridgehead atoms. The molecule has 0 spiro atoms. The van der Waals surface area contributed by atoms with E-state index in [1.54, 1.807) is 0 Å². The molecule has 2 atom stereocenters. The molecular weight excluding hydrogens is 486 g/mol. The van der Waals surface area contributed by atoms with Gasteiger partial charge < -0.3 is 0 Å². The first-order valence-electron chi connectivity index (χ1n) is 13.2. The molecule has 4 aliphatic heterocycles. The highest BCUT2D eigenvalue weighted by Crippen LogP contribution is 2.74. The Labute approximate surface area is 216 Å². The van der Waals surface area contributed by atoms with Crippen LogP contribution in [0.1, 0.15) is 49.7 Å². The Morgan fingerprint density at radius 1 is 0.694 bits per heavy atom. The molecule has 6 rings (SSSR count). The molecule has 0 amide bonds. The van der Waals surface area contributed by atoms with Crippen LogP contribution in [0.2, 0.25) is 0 Å². The molecule has 2 saturated heterocycles. The average molecular weight is 523 g/mol. The lowest BCUT2D eigenvalue weighted by molar-refractivity contribution is 0.326. The van der Waals surface area contributed by atoms with Gasteiger partial charge in [0.1, 0.15) is 0 Å². The van der Waals surface area contributed by atoms with E-state index in [0.29, 0.717) is 0 Å². The number of benzene rings is 2. The average Bonchev–Trinajstić information content (AvgIpc) is 3.48. The Balaban J connectivity index is 1.53. The molecule has 4 aliphatic rings. The number of hydrogen-bond acceptors (Lipinski definition) is 8. The SMILES string of the molecule is CN1N=C(c2ccccc2)N(P2(N3CCCCC3)=NC(c3ccccc3)=NN2C)P1N1CCCCC1. The molecule has 2 fully saturated rings. The van der Waals surface area contributed by atoms with Crippen LogP contribution in [0.15, 0.2) is 75.6 Å². The van der Waals surface area contributed by atoms with Crippen LogP contribution in [0, 0.1) is 0 Å². The van der Waals surface area contributed by atoms with Crippen LogP contribution in [0.25, 0.3) is 0 Å². The summed E-state index contributed by atoms with van der Waals surface area (Å²) < 4.78 is 18.1. The van der Waals surface area contributed by atoms with Crippen LogP contribution in [0.4, 0.5) is 0 Å². The van der Waals surface area contributed by atoms with Crippen molar-refractivity contribution >= 4 is 27.6 Å². The van der Waals surface area contributed by atoms with E-state index in [2.05, 4.69) is 98.1 Å². The highest BCUT2D eigenvalue weighted by molar-refractivity contribution is 7.72. The number of rotatable bonds is 5. The lowest BCUT2D eigenvalue weighted by atomic mass is 10.2. The first kappa shape index (κ1) is 24.1. The second kappa shape index (κ2) is 10.3. The van der Waals surface area contributed by atoms with E-state index in [-0.39, 0.29) is 0 Å². The van der Waals surface area contributed by atoms with Gasteiger partial charge in [-0.1, -0.05) is 73.5 Å². The van der Waals surface area contributed by atoms with E-state index in [1.165, 1.54) is 38.5 Å². The summed E-state index contributed by atoms with van der Waals surface area (Å²) in [4.78, 5) is 0. The molecule has 0 radical (unpaired) electrons. The topological polar surface area (TPSA) is 53.3 Å². The highest BCUT2D eigenvalue weighted by atomic mass is 31.2. The van der Waals surface area contributed by atoms with Crippen LogP contribution in [0.3, 0.4) is 0 Å². The fourth-order valence-electron chi connectivity index (χ4n) is 5.57. The van der Waals surface area contributed by atoms with Crippen LogP contribution < -0.4 is 0 Å². The maximum atomic E-state index is 5.65. The van der Waals surface area contributed by atoms with Crippen molar-refractivity contribution in [2.24, 2.45) is 14.9 Å². The number of piperidine rings is 2. The van der Waals surface area contributed by atoms with Gasteiger partial charge in [-0.05, 0) is 25.7 Å². The first-order valence-corrected chi connectivity index (χ1v) is 16.0. The van der Waals surface area contributed by atoms with Crippen molar-refractivity contribution in [2.45, 2.75) is 38.5 Å². The van der Waals surface area contributed by atoms with E-state index < -0.39 is 15.9 Å². The largest absolute Gasteiger partial charge is 0.247 e. The summed E-state index contributed by atoms with van der Waals surface area (Å²) in [7, 11) is 1.02. The second-order valence-corrected chi connectivity index (χ2v) is 15.0. The predicted molar refractivity (Wildman–Crippen MR) is 150 cm³/mol. The van der Waals surface area contributed by atoms with Crippen molar-refractivity contribution in [2.75, 3.05) is 40.3 Å². The van der Waals surface area contributed by atoms with Gasteiger partial charge in [-0.15, -0.1) is 5.10 Å². The van der Waals surface area contributed by atoms with Gasteiger partial charge in [0.05, 0.1) is 0 Å². The van der Waals surface area contributed by atoms with Gasteiger partial charge in [0.25, 0.3) is 0 Å². The zero-order valence-corrected chi connectivity index (χ0v) is 23.1. The van der Waals surface area contributed by atoms with E-state index >= 15 is 0 Å². The maximum Gasteiger partial charge on any atom is 0.247 e. The Hall–Kier alpha value is -2.24. The molecule has 2 unspecified atom stereocenters. The van der Waals surface area contributed by atoms with Crippen molar-refractivity contribution in [1.29, 1.82) is 0 Å². The van der Waals surface area contributed by atoms with Gasteiger partial charge >= 0.3 is 0 Å². The number of nitrogens with zero attached hydrogens (tertiary/aromatic N) is 8. The Bertz CT molecular complexity index is 1170. The summed E-state index contributed by atoms with van der Waals surface area (Å²) >= 11 is 0. The Morgan fingerprint density at radius 3 is 1.92 bits per heavy atom. The van der Waals surface area contributed by atoms with Crippen LogP contribution in [0.5, 0.6) is 0 Å². The summed E-state index contributed by atoms with van der Waals surface area (Å²) in [5.74, 6) is 1.88. The Kier molecular flexibility index (Phi) is 6.87. The lowest BCUT2D eigenvalue weighted by Gasteiger charge is -2.49. The number of amidine groups is 2. The summed E-state index contributed by atoms with van der Waals surface area (Å²) in [5.41, 5.74) is 2.23. The molecule has 0 aliphatic carbocycles. The molecule has 0 aromatic heterocycles. The molecule has 10 heteroatoms. The van der Waals surface area contributed by atoms with Crippen molar-refractivity contribution in [3.05, 3.63) is 71.8 Å². The molecule has 2 aromatic rings. The Morgan fingerprint density at radius 2 is 1.28 bits per heavy atom. The molecular formula is C26H36N8P2. The molecule has 2 aromatic carbocycles. The molecule has 0 saturated carbocycles. The summed E-state index contributed by atoms with van der Waals surface area (Å²) in [6, 6.07) is 21.2. The number of hydrogen-bond donors (Lipinski definition) is 0. The minimum Gasteiger partial charge on any atom is -0.246 e. The normalized spacial score (nSPS) is 27.7. The zero-order valence-electron chi connectivity index (χ0n) is 21.3. The van der Waals surface area contributed by atoms with Gasteiger partial charge in [-0.25, -0.2) is 23.3 Å². The van der Waals surface area contributed by atoms with Gasteiger partial charge in [-0.2, -0.15) is 9.85 Å². The van der Waals surface area contributed by atoms with Gasteiger partial charge in [0.15, 0.2) is 11.7 Å². The van der Waals surface area contributed by atoms with E-state index in [0.717, 1.165) is 49.0 Å². The summed E-state index contributed by atoms with van der Waals surface area (Å²) in [6.45, 7) is 4.32. The molecule has 36 heavy (non-hydrogen) atoms. The molecule has 8 nitrogen and oxygen atoms in total. The minimum atomic E-state index is -2.43. The standard InChI is InChI=1S/C26H36N8P2/c1-30-28-26(24-17-9-4-10-18-24)34(35(30)32-19-11-5-12-20-32)36(33-21-13-6-14-22-33)29-25(27-31(36)2)23-15-7-3-8-16-23/h3-4,7-10,15-18H,5-6,11-14,19-22H2,1-2H3. The van der Waals surface area contributed by atoms with Crippen LogP contribution in [-0.4, -0.2) is 75.3 Å². The summed E-state index contributed by atoms with van der Waals surface area (Å²) in [6.07, 6.45) is 7.49. The zero-order chi connectivity index (χ0) is 24.5. The first-order chi connectivity index (χ1) is 17.7. The maximum absolute atomic E-state index is 5.65. The van der Waals surface area contributed by atoms with E-state index in [9.17, 15) is 0 Å². The summed E-state index contributed by atoms with van der Waals surface area (Å²) in [5, 5.41) is 10.4. The van der Waals surface area contributed by atoms with Crippen LogP contribution >= 0.6 is 15.9 Å². The van der Waals surface area contributed by atoms with Gasteiger partial charge in [0.2, 0.25) is 15.9 Å². The lowest BCUT2D eigenvalue weighted by Crippen LogP contribution is -2.42. The van der Waals surface area contributed by atoms with Crippen molar-refractivity contribution in [1.82, 2.24) is 23.3 Å². The van der Waals surface area contributed by atoms with Crippen molar-refractivity contribution in [3.63, 3.8) is 0 Å².